The van der Waals surface area contributed by atoms with Crippen LogP contribution in [0.1, 0.15) is 0 Å². The Hall–Kier alpha value is -6.44. The fraction of sp³-hybridized carbons (Fsp3) is 0. The average Bonchev–Trinajstić information content (AvgIpc) is 3.20. The Balaban J connectivity index is 1.30. The number of para-hydroxylation sites is 1. The van der Waals surface area contributed by atoms with Crippen LogP contribution in [0.5, 0.6) is 0 Å². The van der Waals surface area contributed by atoms with Crippen molar-refractivity contribution in [1.29, 1.82) is 0 Å². The number of rotatable bonds is 8. The first kappa shape index (κ1) is 29.9. The van der Waals surface area contributed by atoms with Crippen LogP contribution < -0.4 is 4.90 Å². The van der Waals surface area contributed by atoms with E-state index in [0.29, 0.717) is 0 Å². The van der Waals surface area contributed by atoms with E-state index in [1.165, 1.54) is 55.6 Å². The molecule has 0 radical (unpaired) electrons. The zero-order valence-corrected chi connectivity index (χ0v) is 27.2. The van der Waals surface area contributed by atoms with Gasteiger partial charge in [-0.3, -0.25) is 0 Å². The minimum Gasteiger partial charge on any atom is -0.310 e. The lowest BCUT2D eigenvalue weighted by atomic mass is 9.89. The number of anilines is 3. The van der Waals surface area contributed by atoms with Crippen molar-refractivity contribution in [3.05, 3.63) is 212 Å². The first-order valence-corrected chi connectivity index (χ1v) is 16.8. The Morgan fingerprint density at radius 1 is 0.224 bits per heavy atom. The van der Waals surface area contributed by atoms with Crippen LogP contribution in [-0.4, -0.2) is 0 Å². The lowest BCUT2D eigenvalue weighted by Crippen LogP contribution is -2.11. The van der Waals surface area contributed by atoms with E-state index >= 15 is 0 Å². The minimum atomic E-state index is 1.10. The highest BCUT2D eigenvalue weighted by atomic mass is 15.1. The molecule has 0 fully saturated rings. The monoisotopic (exact) mass is 625 g/mol. The topological polar surface area (TPSA) is 3.24 Å². The van der Waals surface area contributed by atoms with Gasteiger partial charge in [0.05, 0.1) is 5.69 Å². The zero-order chi connectivity index (χ0) is 32.8. The van der Waals surface area contributed by atoms with Crippen LogP contribution in [0, 0.1) is 0 Å². The predicted octanol–water partition coefficient (Wildman–Crippen LogP) is 13.5. The normalized spacial score (nSPS) is 10.9. The Morgan fingerprint density at radius 3 is 1.18 bits per heavy atom. The van der Waals surface area contributed by atoms with E-state index in [4.69, 9.17) is 0 Å². The summed E-state index contributed by atoms with van der Waals surface area (Å²) in [7, 11) is 0. The summed E-state index contributed by atoms with van der Waals surface area (Å²) in [5.74, 6) is 0. The smallest absolute Gasteiger partial charge is 0.0540 e. The van der Waals surface area contributed by atoms with Crippen LogP contribution in [-0.2, 0) is 0 Å². The summed E-state index contributed by atoms with van der Waals surface area (Å²) < 4.78 is 0. The van der Waals surface area contributed by atoms with Crippen LogP contribution >= 0.6 is 0 Å². The van der Waals surface area contributed by atoms with Gasteiger partial charge in [0.15, 0.2) is 0 Å². The van der Waals surface area contributed by atoms with Crippen LogP contribution in [0.2, 0.25) is 0 Å². The maximum absolute atomic E-state index is 2.37. The van der Waals surface area contributed by atoms with Crippen molar-refractivity contribution in [2.45, 2.75) is 0 Å². The molecule has 0 bridgehead atoms. The highest BCUT2D eigenvalue weighted by molar-refractivity contribution is 5.94. The summed E-state index contributed by atoms with van der Waals surface area (Å²) in [5.41, 5.74) is 15.3. The summed E-state index contributed by atoms with van der Waals surface area (Å²) in [4.78, 5) is 2.37. The van der Waals surface area contributed by atoms with Gasteiger partial charge in [-0.15, -0.1) is 0 Å². The maximum atomic E-state index is 2.37. The Kier molecular flexibility index (Phi) is 8.39. The third kappa shape index (κ3) is 6.31. The molecule has 8 aromatic carbocycles. The second kappa shape index (κ2) is 13.7. The van der Waals surface area contributed by atoms with Gasteiger partial charge < -0.3 is 4.90 Å². The number of hydrogen-bond acceptors (Lipinski definition) is 1. The first-order chi connectivity index (χ1) is 24.3. The molecule has 0 atom stereocenters. The Bertz CT molecular complexity index is 2280. The van der Waals surface area contributed by atoms with E-state index in [1.807, 2.05) is 0 Å². The van der Waals surface area contributed by atoms with Crippen LogP contribution in [0.3, 0.4) is 0 Å². The molecular formula is C48H35N. The van der Waals surface area contributed by atoms with Gasteiger partial charge in [-0.2, -0.15) is 0 Å². The molecule has 49 heavy (non-hydrogen) atoms. The average molecular weight is 626 g/mol. The second-order valence-corrected chi connectivity index (χ2v) is 12.2. The molecule has 0 aromatic heterocycles. The van der Waals surface area contributed by atoms with E-state index in [-0.39, 0.29) is 0 Å². The van der Waals surface area contributed by atoms with Crippen molar-refractivity contribution in [3.63, 3.8) is 0 Å². The molecule has 0 unspecified atom stereocenters. The molecule has 232 valence electrons. The molecule has 0 saturated heterocycles. The third-order valence-electron chi connectivity index (χ3n) is 9.09. The number of benzene rings is 8. The fourth-order valence-corrected chi connectivity index (χ4v) is 6.65. The summed E-state index contributed by atoms with van der Waals surface area (Å²) in [5, 5.41) is 0. The number of hydrogen-bond donors (Lipinski definition) is 0. The van der Waals surface area contributed by atoms with E-state index in [0.717, 1.165) is 17.1 Å². The molecule has 0 N–H and O–H groups in total. The third-order valence-corrected chi connectivity index (χ3v) is 9.09. The van der Waals surface area contributed by atoms with E-state index in [2.05, 4.69) is 217 Å². The first-order valence-electron chi connectivity index (χ1n) is 16.8. The van der Waals surface area contributed by atoms with Gasteiger partial charge in [-0.05, 0) is 92.5 Å². The van der Waals surface area contributed by atoms with Crippen molar-refractivity contribution in [3.8, 4) is 55.6 Å². The molecular weight excluding hydrogens is 591 g/mol. The van der Waals surface area contributed by atoms with Crippen molar-refractivity contribution in [2.75, 3.05) is 4.90 Å². The molecule has 8 aromatic rings. The molecule has 0 aliphatic carbocycles. The molecule has 0 aliphatic heterocycles. The van der Waals surface area contributed by atoms with Crippen LogP contribution in [0.15, 0.2) is 212 Å². The van der Waals surface area contributed by atoms with Gasteiger partial charge in [-0.25, -0.2) is 0 Å². The van der Waals surface area contributed by atoms with Crippen molar-refractivity contribution in [2.24, 2.45) is 0 Å². The summed E-state index contributed by atoms with van der Waals surface area (Å²) in [6, 6.07) is 76.0. The van der Waals surface area contributed by atoms with E-state index in [1.54, 1.807) is 0 Å². The molecule has 0 heterocycles. The molecule has 1 nitrogen and oxygen atoms in total. The van der Waals surface area contributed by atoms with E-state index < -0.39 is 0 Å². The number of nitrogens with zero attached hydrogens (tertiary/aromatic N) is 1. The molecule has 0 saturated carbocycles. The Labute approximate surface area is 289 Å². The highest BCUT2D eigenvalue weighted by Crippen LogP contribution is 2.44. The SMILES string of the molecule is c1ccc(-c2ccc(N(c3ccccc3)c3ccc(-c4ccc(-c5ccccc5)cc4-c4ccccc4)cc3-c3ccccc3)cc2)cc1. The van der Waals surface area contributed by atoms with Crippen molar-refractivity contribution >= 4 is 17.1 Å². The summed E-state index contributed by atoms with van der Waals surface area (Å²) in [6.45, 7) is 0. The van der Waals surface area contributed by atoms with Crippen LogP contribution in [0.4, 0.5) is 17.1 Å². The zero-order valence-electron chi connectivity index (χ0n) is 27.2. The Morgan fingerprint density at radius 2 is 0.612 bits per heavy atom. The van der Waals surface area contributed by atoms with Gasteiger partial charge in [0, 0.05) is 16.9 Å². The van der Waals surface area contributed by atoms with Gasteiger partial charge in [0.2, 0.25) is 0 Å². The molecule has 8 rings (SSSR count). The van der Waals surface area contributed by atoms with Gasteiger partial charge in [0.1, 0.15) is 0 Å². The van der Waals surface area contributed by atoms with Gasteiger partial charge in [0.25, 0.3) is 0 Å². The van der Waals surface area contributed by atoms with Crippen molar-refractivity contribution in [1.82, 2.24) is 0 Å². The summed E-state index contributed by atoms with van der Waals surface area (Å²) >= 11 is 0. The fourth-order valence-electron chi connectivity index (χ4n) is 6.65. The predicted molar refractivity (Wildman–Crippen MR) is 208 cm³/mol. The van der Waals surface area contributed by atoms with E-state index in [9.17, 15) is 0 Å². The lowest BCUT2D eigenvalue weighted by molar-refractivity contribution is 1.28. The largest absolute Gasteiger partial charge is 0.310 e. The molecule has 1 heteroatoms. The standard InChI is InChI=1S/C48H35N/c1-6-16-36(17-7-1)38-26-30-44(31-27-38)49(43-24-14-5-15-25-43)48-33-29-42(35-47(48)40-22-12-4-13-23-40)45-32-28-41(37-18-8-2-9-19-37)34-46(45)39-20-10-3-11-21-39/h1-35H. The lowest BCUT2D eigenvalue weighted by Gasteiger charge is -2.28. The van der Waals surface area contributed by atoms with Gasteiger partial charge >= 0.3 is 0 Å². The molecule has 0 amide bonds. The van der Waals surface area contributed by atoms with Gasteiger partial charge in [-0.1, -0.05) is 170 Å². The highest BCUT2D eigenvalue weighted by Gasteiger charge is 2.19. The molecule has 0 aliphatic rings. The molecule has 0 spiro atoms. The second-order valence-electron chi connectivity index (χ2n) is 12.2. The summed E-state index contributed by atoms with van der Waals surface area (Å²) in [6.07, 6.45) is 0. The van der Waals surface area contributed by atoms with Crippen LogP contribution in [0.25, 0.3) is 55.6 Å². The quantitative estimate of drug-likeness (QED) is 0.162. The van der Waals surface area contributed by atoms with Crippen molar-refractivity contribution < 1.29 is 0 Å². The minimum absolute atomic E-state index is 1.10. The maximum Gasteiger partial charge on any atom is 0.0540 e.